The molecule has 1 saturated heterocycles. The Kier molecular flexibility index (Phi) is 10.1. The summed E-state index contributed by atoms with van der Waals surface area (Å²) in [6.45, 7) is 4.96. The summed E-state index contributed by atoms with van der Waals surface area (Å²) in [7, 11) is 0. The monoisotopic (exact) mass is 522 g/mol. The third kappa shape index (κ3) is 6.87. The number of allylic oxidation sites excluding steroid dienone is 1. The molecule has 4 rings (SSSR count). The smallest absolute Gasteiger partial charge is 0.201 e. The lowest BCUT2D eigenvalue weighted by Gasteiger charge is -2.29. The molecule has 0 aromatic heterocycles. The third-order valence-corrected chi connectivity index (χ3v) is 7.25. The zero-order valence-corrected chi connectivity index (χ0v) is 22.3. The van der Waals surface area contributed by atoms with Crippen LogP contribution in [0.1, 0.15) is 76.9 Å². The van der Waals surface area contributed by atoms with E-state index in [0.717, 1.165) is 37.9 Å². The molecule has 0 amide bonds. The Labute approximate surface area is 224 Å². The Bertz CT molecular complexity index is 1210. The van der Waals surface area contributed by atoms with Gasteiger partial charge in [0.2, 0.25) is 5.82 Å². The van der Waals surface area contributed by atoms with Crippen molar-refractivity contribution in [2.75, 3.05) is 6.61 Å². The number of unbranched alkanes of at least 4 members (excludes halogenated alkanes) is 3. The first-order valence-corrected chi connectivity index (χ1v) is 13.8. The van der Waals surface area contributed by atoms with Gasteiger partial charge in [-0.3, -0.25) is 0 Å². The van der Waals surface area contributed by atoms with Gasteiger partial charge in [0.1, 0.15) is 5.82 Å². The molecule has 2 unspecified atom stereocenters. The topological polar surface area (TPSA) is 18.5 Å². The minimum absolute atomic E-state index is 0.0738. The van der Waals surface area contributed by atoms with Crippen molar-refractivity contribution in [1.29, 1.82) is 0 Å². The van der Waals surface area contributed by atoms with Crippen LogP contribution in [0.5, 0.6) is 5.75 Å². The summed E-state index contributed by atoms with van der Waals surface area (Å²) < 4.78 is 55.8. The van der Waals surface area contributed by atoms with Crippen LogP contribution in [0, 0.1) is 23.4 Å². The molecule has 2 atom stereocenters. The van der Waals surface area contributed by atoms with Crippen molar-refractivity contribution in [3.63, 3.8) is 0 Å². The summed E-state index contributed by atoms with van der Waals surface area (Å²) in [5.41, 5.74) is 2.61. The van der Waals surface area contributed by atoms with Gasteiger partial charge in [0.25, 0.3) is 0 Å². The van der Waals surface area contributed by atoms with Gasteiger partial charge in [-0.25, -0.2) is 8.78 Å². The molecular weight excluding hydrogens is 485 g/mol. The van der Waals surface area contributed by atoms with Gasteiger partial charge < -0.3 is 9.47 Å². The van der Waals surface area contributed by atoms with Crippen LogP contribution in [0.25, 0.3) is 22.3 Å². The van der Waals surface area contributed by atoms with E-state index in [1.54, 1.807) is 42.5 Å². The molecule has 0 radical (unpaired) electrons. The fourth-order valence-corrected chi connectivity index (χ4v) is 4.98. The van der Waals surface area contributed by atoms with Crippen molar-refractivity contribution in [3.8, 4) is 28.0 Å². The van der Waals surface area contributed by atoms with E-state index in [0.29, 0.717) is 22.6 Å². The molecule has 0 spiro atoms. The fourth-order valence-electron chi connectivity index (χ4n) is 4.98. The number of hydrogen-bond acceptors (Lipinski definition) is 2. The van der Waals surface area contributed by atoms with Crippen molar-refractivity contribution < 1.29 is 22.6 Å². The highest BCUT2D eigenvalue weighted by Gasteiger charge is 2.23. The summed E-state index contributed by atoms with van der Waals surface area (Å²) >= 11 is 0. The van der Waals surface area contributed by atoms with Gasteiger partial charge in [-0.2, -0.15) is 4.39 Å². The molecule has 2 nitrogen and oxygen atoms in total. The molecule has 0 bridgehead atoms. The fraction of sp³-hybridized carbons (Fsp3) is 0.394. The van der Waals surface area contributed by atoms with E-state index < -0.39 is 11.6 Å². The third-order valence-electron chi connectivity index (χ3n) is 7.25. The largest absolute Gasteiger partial charge is 0.462 e. The Hall–Kier alpha value is -3.05. The number of benzene rings is 3. The molecule has 1 aliphatic heterocycles. The van der Waals surface area contributed by atoms with Crippen LogP contribution in [0.15, 0.2) is 66.9 Å². The van der Waals surface area contributed by atoms with Crippen LogP contribution in [0.4, 0.5) is 13.2 Å². The van der Waals surface area contributed by atoms with Crippen LogP contribution in [-0.2, 0) is 4.74 Å². The van der Waals surface area contributed by atoms with Crippen molar-refractivity contribution >= 4 is 0 Å². The van der Waals surface area contributed by atoms with Gasteiger partial charge in [-0.15, -0.1) is 0 Å². The minimum atomic E-state index is -1.04. The zero-order chi connectivity index (χ0) is 26.9. The average Bonchev–Trinajstić information content (AvgIpc) is 2.94. The number of hydrogen-bond donors (Lipinski definition) is 0. The van der Waals surface area contributed by atoms with Gasteiger partial charge in [0.15, 0.2) is 11.6 Å². The molecular formula is C33H37F3O2. The van der Waals surface area contributed by atoms with E-state index in [-0.39, 0.29) is 23.2 Å². The molecule has 1 aliphatic rings. The molecule has 3 aromatic rings. The van der Waals surface area contributed by atoms with Gasteiger partial charge in [-0.05, 0) is 72.6 Å². The Morgan fingerprint density at radius 1 is 0.842 bits per heavy atom. The highest BCUT2D eigenvalue weighted by Crippen LogP contribution is 2.36. The summed E-state index contributed by atoms with van der Waals surface area (Å²) in [5, 5.41) is 0. The number of halogens is 3. The van der Waals surface area contributed by atoms with Gasteiger partial charge in [0.05, 0.1) is 19.0 Å². The van der Waals surface area contributed by atoms with Crippen molar-refractivity contribution in [3.05, 3.63) is 90.0 Å². The Morgan fingerprint density at radius 3 is 2.24 bits per heavy atom. The second kappa shape index (κ2) is 13.7. The standard InChI is InChI=1S/C33H37F3O2/c1-3-5-7-9-23-10-18-30(38-22-23)26-15-16-27(29(34)21-26)24-11-13-25(14-12-24)28-17-19-31(33(36)32(28)35)37-20-8-6-4-2/h8,11-17,19-21,23,30H,3-7,9-10,18,22H2,1-2H3. The summed E-state index contributed by atoms with van der Waals surface area (Å²) in [6, 6.07) is 15.0. The molecule has 0 N–H and O–H groups in total. The molecule has 202 valence electrons. The van der Waals surface area contributed by atoms with Crippen LogP contribution < -0.4 is 4.74 Å². The first-order chi connectivity index (χ1) is 18.5. The Balaban J connectivity index is 1.42. The molecule has 5 heteroatoms. The normalized spacial score (nSPS) is 17.7. The predicted octanol–water partition coefficient (Wildman–Crippen LogP) is 10.2. The maximum atomic E-state index is 15.1. The number of ether oxygens (including phenoxy) is 2. The van der Waals surface area contributed by atoms with Gasteiger partial charge >= 0.3 is 0 Å². The minimum Gasteiger partial charge on any atom is -0.462 e. The van der Waals surface area contributed by atoms with Crippen molar-refractivity contribution in [1.82, 2.24) is 0 Å². The predicted molar refractivity (Wildman–Crippen MR) is 147 cm³/mol. The average molecular weight is 523 g/mol. The molecule has 38 heavy (non-hydrogen) atoms. The highest BCUT2D eigenvalue weighted by molar-refractivity contribution is 5.71. The van der Waals surface area contributed by atoms with E-state index in [2.05, 4.69) is 6.92 Å². The zero-order valence-electron chi connectivity index (χ0n) is 22.3. The first-order valence-electron chi connectivity index (χ1n) is 13.8. The van der Waals surface area contributed by atoms with Crippen LogP contribution in [-0.4, -0.2) is 6.61 Å². The van der Waals surface area contributed by atoms with Crippen molar-refractivity contribution in [2.45, 2.75) is 71.3 Å². The molecule has 3 aromatic carbocycles. The molecule has 0 saturated carbocycles. The van der Waals surface area contributed by atoms with Gasteiger partial charge in [0, 0.05) is 11.1 Å². The molecule has 0 aliphatic carbocycles. The number of rotatable bonds is 11. The van der Waals surface area contributed by atoms with E-state index in [1.165, 1.54) is 44.1 Å². The summed E-state index contributed by atoms with van der Waals surface area (Å²) in [6.07, 6.45) is 11.8. The second-order valence-corrected chi connectivity index (χ2v) is 10.1. The molecule has 1 heterocycles. The first kappa shape index (κ1) is 28.0. The van der Waals surface area contributed by atoms with Crippen LogP contribution in [0.3, 0.4) is 0 Å². The van der Waals surface area contributed by atoms with E-state index in [1.807, 2.05) is 13.0 Å². The van der Waals surface area contributed by atoms with Crippen LogP contribution >= 0.6 is 0 Å². The Morgan fingerprint density at radius 2 is 1.58 bits per heavy atom. The van der Waals surface area contributed by atoms with Crippen LogP contribution in [0.2, 0.25) is 0 Å². The lowest BCUT2D eigenvalue weighted by molar-refractivity contribution is -0.0200. The summed E-state index contributed by atoms with van der Waals surface area (Å²) in [5.74, 6) is -1.89. The maximum Gasteiger partial charge on any atom is 0.201 e. The lowest BCUT2D eigenvalue weighted by Crippen LogP contribution is -2.20. The molecule has 1 fully saturated rings. The quantitative estimate of drug-likeness (QED) is 0.184. The second-order valence-electron chi connectivity index (χ2n) is 10.1. The maximum absolute atomic E-state index is 15.1. The SMILES string of the molecule is CCCC=COc1ccc(-c2ccc(-c3ccc(C4CCC(CCCCC)CO4)cc3F)cc2)c(F)c1F. The van der Waals surface area contributed by atoms with Crippen molar-refractivity contribution in [2.24, 2.45) is 5.92 Å². The lowest BCUT2D eigenvalue weighted by atomic mass is 9.90. The van der Waals surface area contributed by atoms with E-state index >= 15 is 4.39 Å². The highest BCUT2D eigenvalue weighted by atomic mass is 19.2. The van der Waals surface area contributed by atoms with E-state index in [4.69, 9.17) is 9.47 Å². The van der Waals surface area contributed by atoms with Gasteiger partial charge in [-0.1, -0.05) is 75.9 Å². The summed E-state index contributed by atoms with van der Waals surface area (Å²) in [4.78, 5) is 0. The van der Waals surface area contributed by atoms with E-state index in [9.17, 15) is 8.78 Å².